The molecule has 30 heavy (non-hydrogen) atoms. The van der Waals surface area contributed by atoms with Crippen LogP contribution in [-0.4, -0.2) is 20.2 Å². The molecule has 1 aliphatic carbocycles. The van der Waals surface area contributed by atoms with E-state index >= 15 is 0 Å². The molecule has 2 aliphatic heterocycles. The Labute approximate surface area is 180 Å². The highest BCUT2D eigenvalue weighted by molar-refractivity contribution is 5.69. The van der Waals surface area contributed by atoms with E-state index < -0.39 is 0 Å². The molecule has 4 heteroatoms. The number of nitriles is 1. The van der Waals surface area contributed by atoms with Crippen LogP contribution >= 0.6 is 0 Å². The third kappa shape index (κ3) is 3.84. The fraction of sp³-hybridized carbons (Fsp3) is 0.538. The quantitative estimate of drug-likeness (QED) is 0.475. The minimum Gasteiger partial charge on any atom is -0.496 e. The normalized spacial score (nSPS) is 21.1. The van der Waals surface area contributed by atoms with Gasteiger partial charge in [-0.3, -0.25) is 0 Å². The van der Waals surface area contributed by atoms with Crippen LogP contribution in [0.1, 0.15) is 62.6 Å². The average molecular weight is 402 g/mol. The monoisotopic (exact) mass is 401 g/mol. The van der Waals surface area contributed by atoms with E-state index in [1.54, 1.807) is 0 Å². The third-order valence-electron chi connectivity index (χ3n) is 6.74. The smallest absolute Gasteiger partial charge is 0.265 e. The van der Waals surface area contributed by atoms with Gasteiger partial charge in [0, 0.05) is 24.3 Å². The van der Waals surface area contributed by atoms with Crippen molar-refractivity contribution in [1.29, 1.82) is 5.26 Å². The van der Waals surface area contributed by atoms with Crippen molar-refractivity contribution in [2.75, 3.05) is 25.1 Å². The Morgan fingerprint density at radius 1 is 1.23 bits per heavy atom. The van der Waals surface area contributed by atoms with Crippen LogP contribution in [0, 0.1) is 23.3 Å². The number of hydrogen-bond acceptors (Lipinski definition) is 3. The van der Waals surface area contributed by atoms with Crippen LogP contribution in [0.5, 0.6) is 5.75 Å². The molecule has 0 unspecified atom stereocenters. The molecule has 1 aromatic rings. The van der Waals surface area contributed by atoms with Crippen LogP contribution in [0.3, 0.4) is 0 Å². The van der Waals surface area contributed by atoms with E-state index in [-0.39, 0.29) is 11.1 Å². The summed E-state index contributed by atoms with van der Waals surface area (Å²) in [6.07, 6.45) is 10.5. The van der Waals surface area contributed by atoms with E-state index in [0.29, 0.717) is 0 Å². The number of nitrogens with zero attached hydrogens (tertiary/aromatic N) is 3. The Morgan fingerprint density at radius 2 is 2.00 bits per heavy atom. The van der Waals surface area contributed by atoms with E-state index in [1.165, 1.54) is 53.9 Å². The molecule has 0 amide bonds. The topological polar surface area (TPSA) is 40.6 Å². The van der Waals surface area contributed by atoms with Gasteiger partial charge in [0.05, 0.1) is 19.8 Å². The van der Waals surface area contributed by atoms with Crippen LogP contribution in [0.25, 0.3) is 4.85 Å². The minimum atomic E-state index is 0.0820. The van der Waals surface area contributed by atoms with Crippen molar-refractivity contribution in [2.45, 2.75) is 65.2 Å². The summed E-state index contributed by atoms with van der Waals surface area (Å²) in [5.74, 6) is 1.09. The van der Waals surface area contributed by atoms with Crippen LogP contribution in [0.15, 0.2) is 29.0 Å². The molecule has 4 rings (SSSR count). The molecule has 156 valence electrons. The molecular weight excluding hydrogens is 370 g/mol. The van der Waals surface area contributed by atoms with Crippen molar-refractivity contribution >= 4 is 5.69 Å². The Bertz CT molecular complexity index is 983. The maximum absolute atomic E-state index is 9.34. The summed E-state index contributed by atoms with van der Waals surface area (Å²) in [5, 5.41) is 9.34. The van der Waals surface area contributed by atoms with E-state index in [0.717, 1.165) is 49.8 Å². The maximum atomic E-state index is 9.34. The van der Waals surface area contributed by atoms with Crippen molar-refractivity contribution in [3.63, 3.8) is 0 Å². The van der Waals surface area contributed by atoms with Gasteiger partial charge in [0.2, 0.25) is 0 Å². The predicted molar refractivity (Wildman–Crippen MR) is 121 cm³/mol. The van der Waals surface area contributed by atoms with E-state index in [9.17, 15) is 5.26 Å². The number of aryl methyl sites for hydroxylation is 2. The van der Waals surface area contributed by atoms with Crippen molar-refractivity contribution < 1.29 is 4.74 Å². The van der Waals surface area contributed by atoms with Gasteiger partial charge in [0.15, 0.2) is 0 Å². The summed E-state index contributed by atoms with van der Waals surface area (Å²) in [7, 11) is 1.81. The van der Waals surface area contributed by atoms with Gasteiger partial charge in [-0.15, -0.1) is 0 Å². The fourth-order valence-electron chi connectivity index (χ4n) is 5.66. The molecule has 2 heterocycles. The summed E-state index contributed by atoms with van der Waals surface area (Å²) >= 11 is 0. The number of rotatable bonds is 4. The van der Waals surface area contributed by atoms with Gasteiger partial charge in [-0.2, -0.15) is 0 Å². The molecule has 0 aromatic heterocycles. The largest absolute Gasteiger partial charge is 0.496 e. The zero-order valence-corrected chi connectivity index (χ0v) is 18.5. The number of hydrogen-bond donors (Lipinski definition) is 0. The van der Waals surface area contributed by atoms with Gasteiger partial charge >= 0.3 is 0 Å². The van der Waals surface area contributed by atoms with Crippen LogP contribution < -0.4 is 9.64 Å². The summed E-state index contributed by atoms with van der Waals surface area (Å²) < 4.78 is 5.95. The highest BCUT2D eigenvalue weighted by atomic mass is 16.5. The van der Waals surface area contributed by atoms with Gasteiger partial charge in [0.1, 0.15) is 5.75 Å². The second-order valence-corrected chi connectivity index (χ2v) is 9.67. The highest BCUT2D eigenvalue weighted by Crippen LogP contribution is 2.44. The first-order valence-electron chi connectivity index (χ1n) is 11.1. The fourth-order valence-corrected chi connectivity index (χ4v) is 5.66. The second-order valence-electron chi connectivity index (χ2n) is 9.67. The third-order valence-corrected chi connectivity index (χ3v) is 6.74. The first kappa shape index (κ1) is 20.5. The molecule has 0 bridgehead atoms. The van der Waals surface area contributed by atoms with E-state index in [4.69, 9.17) is 11.3 Å². The van der Waals surface area contributed by atoms with E-state index in [1.807, 2.05) is 7.11 Å². The summed E-state index contributed by atoms with van der Waals surface area (Å²) in [6, 6.07) is 4.48. The number of ether oxygens (including phenoxy) is 1. The van der Waals surface area contributed by atoms with E-state index in [2.05, 4.69) is 41.8 Å². The predicted octanol–water partition coefficient (Wildman–Crippen LogP) is 5.77. The number of methoxy groups -OCH3 is 1. The number of benzene rings is 1. The second kappa shape index (κ2) is 8.19. The summed E-state index contributed by atoms with van der Waals surface area (Å²) in [5.41, 5.74) is 8.24. The molecule has 0 saturated heterocycles. The lowest BCUT2D eigenvalue weighted by Gasteiger charge is -2.38. The minimum absolute atomic E-state index is 0.0820. The lowest BCUT2D eigenvalue weighted by atomic mass is 9.73. The maximum Gasteiger partial charge on any atom is 0.265 e. The van der Waals surface area contributed by atoms with Crippen LogP contribution in [-0.2, 0) is 19.3 Å². The Hall–Kier alpha value is -2.72. The van der Waals surface area contributed by atoms with Crippen molar-refractivity contribution in [3.8, 4) is 11.8 Å². The highest BCUT2D eigenvalue weighted by Gasteiger charge is 2.30. The van der Waals surface area contributed by atoms with Gasteiger partial charge in [-0.25, -0.2) is 10.1 Å². The Kier molecular flexibility index (Phi) is 5.61. The Balaban J connectivity index is 1.65. The lowest BCUT2D eigenvalue weighted by Crippen LogP contribution is -2.34. The van der Waals surface area contributed by atoms with Gasteiger partial charge in [0.25, 0.3) is 5.70 Å². The molecule has 0 saturated carbocycles. The summed E-state index contributed by atoms with van der Waals surface area (Å²) in [6.45, 7) is 14.1. The van der Waals surface area contributed by atoms with Gasteiger partial charge in [-0.05, 0) is 73.5 Å². The van der Waals surface area contributed by atoms with Crippen molar-refractivity contribution in [3.05, 3.63) is 57.1 Å². The zero-order valence-electron chi connectivity index (χ0n) is 18.5. The van der Waals surface area contributed by atoms with Crippen molar-refractivity contribution in [1.82, 2.24) is 0 Å². The molecule has 1 aromatic carbocycles. The first-order chi connectivity index (χ1) is 14.5. The first-order valence-corrected chi connectivity index (χ1v) is 11.1. The average Bonchev–Trinajstić information content (AvgIpc) is 2.72. The molecule has 0 fully saturated rings. The van der Waals surface area contributed by atoms with Crippen LogP contribution in [0.2, 0.25) is 0 Å². The summed E-state index contributed by atoms with van der Waals surface area (Å²) in [4.78, 5) is 6.02. The van der Waals surface area contributed by atoms with Gasteiger partial charge < -0.3 is 9.64 Å². The SMILES string of the molecule is [C-]#[N+]/C(C#N)=C1/C=C(CCc2cc3c4c(c2OC)CCCN4CCC3)CC(C)(C)C1. The molecule has 0 radical (unpaired) electrons. The standard InChI is InChI=1S/C26H31N3O/c1-26(2)15-18(13-21(16-26)23(17-27)28-3)9-10-20-14-19-7-5-11-29-12-6-8-22(24(19)29)25(20)30-4/h13-14H,5-12,15-16H2,1-2,4H3/b23-21-. The molecule has 4 nitrogen and oxygen atoms in total. The molecule has 0 atom stereocenters. The molecule has 0 N–H and O–H groups in total. The van der Waals surface area contributed by atoms with Gasteiger partial charge in [-0.1, -0.05) is 31.6 Å². The zero-order chi connectivity index (χ0) is 21.3. The lowest BCUT2D eigenvalue weighted by molar-refractivity contribution is 0.346. The molecule has 3 aliphatic rings. The molecular formula is C26H31N3O. The Morgan fingerprint density at radius 3 is 2.70 bits per heavy atom. The van der Waals surface area contributed by atoms with Crippen LogP contribution in [0.4, 0.5) is 5.69 Å². The molecule has 0 spiro atoms. The van der Waals surface area contributed by atoms with Crippen molar-refractivity contribution in [2.24, 2.45) is 5.41 Å². The number of allylic oxidation sites excluding steroid dienone is 4. The number of anilines is 1.